The summed E-state index contributed by atoms with van der Waals surface area (Å²) < 4.78 is 2.03. The van der Waals surface area contributed by atoms with Crippen molar-refractivity contribution in [1.82, 2.24) is 9.55 Å². The summed E-state index contributed by atoms with van der Waals surface area (Å²) in [5.41, 5.74) is 7.94. The van der Waals surface area contributed by atoms with Crippen LogP contribution in [0.1, 0.15) is 25.5 Å². The Bertz CT molecular complexity index is 519. The predicted octanol–water partition coefficient (Wildman–Crippen LogP) is 3.22. The molecule has 0 aliphatic carbocycles. The highest BCUT2D eigenvalue weighted by Gasteiger charge is 2.19. The molecule has 18 heavy (non-hydrogen) atoms. The van der Waals surface area contributed by atoms with E-state index in [2.05, 4.69) is 18.8 Å². The predicted molar refractivity (Wildman–Crippen MR) is 75.2 cm³/mol. The van der Waals surface area contributed by atoms with Crippen LogP contribution in [0.4, 0.5) is 0 Å². The minimum absolute atomic E-state index is 0.281. The van der Waals surface area contributed by atoms with Gasteiger partial charge in [-0.1, -0.05) is 37.6 Å². The summed E-state index contributed by atoms with van der Waals surface area (Å²) in [6.07, 6.45) is 3.67. The zero-order valence-corrected chi connectivity index (χ0v) is 11.4. The van der Waals surface area contributed by atoms with E-state index in [0.29, 0.717) is 12.5 Å². The van der Waals surface area contributed by atoms with Crippen molar-refractivity contribution in [3.8, 4) is 5.69 Å². The van der Waals surface area contributed by atoms with Crippen LogP contribution in [0.15, 0.2) is 36.8 Å². The molecule has 96 valence electrons. The van der Waals surface area contributed by atoms with Gasteiger partial charge in [0, 0.05) is 24.4 Å². The molecule has 2 rings (SSSR count). The second-order valence-corrected chi connectivity index (χ2v) is 5.13. The van der Waals surface area contributed by atoms with E-state index in [1.807, 2.05) is 35.0 Å². The van der Waals surface area contributed by atoms with Crippen LogP contribution in [0.25, 0.3) is 5.69 Å². The van der Waals surface area contributed by atoms with E-state index in [1.165, 1.54) is 0 Å². The topological polar surface area (TPSA) is 43.8 Å². The summed E-state index contributed by atoms with van der Waals surface area (Å²) in [6.45, 7) is 4.94. The summed E-state index contributed by atoms with van der Waals surface area (Å²) in [5.74, 6) is 0.747. The smallest absolute Gasteiger partial charge is 0.0994 e. The van der Waals surface area contributed by atoms with Crippen molar-refractivity contribution in [2.75, 3.05) is 6.54 Å². The lowest BCUT2D eigenvalue weighted by Crippen LogP contribution is -2.20. The number of benzene rings is 1. The number of para-hydroxylation sites is 1. The molecule has 2 aromatic rings. The standard InChI is InChI=1S/C14H18ClN3/c1-10(2)11(7-16)14-8-17-9-18(14)13-6-4-3-5-12(13)15/h3-6,8-11H,7,16H2,1-2H3. The number of hydrogen-bond donors (Lipinski definition) is 1. The minimum Gasteiger partial charge on any atom is -0.330 e. The molecule has 0 bridgehead atoms. The van der Waals surface area contributed by atoms with Crippen molar-refractivity contribution in [2.24, 2.45) is 11.7 Å². The van der Waals surface area contributed by atoms with Crippen molar-refractivity contribution < 1.29 is 0 Å². The average Bonchev–Trinajstić information content (AvgIpc) is 2.79. The fraction of sp³-hybridized carbons (Fsp3) is 0.357. The van der Waals surface area contributed by atoms with Gasteiger partial charge in [-0.25, -0.2) is 4.98 Å². The SMILES string of the molecule is CC(C)C(CN)c1cncn1-c1ccccc1Cl. The highest BCUT2D eigenvalue weighted by molar-refractivity contribution is 6.32. The van der Waals surface area contributed by atoms with E-state index in [9.17, 15) is 0 Å². The lowest BCUT2D eigenvalue weighted by atomic mass is 9.93. The molecule has 1 heterocycles. The first-order valence-corrected chi connectivity index (χ1v) is 6.50. The molecule has 0 amide bonds. The van der Waals surface area contributed by atoms with Gasteiger partial charge in [0.25, 0.3) is 0 Å². The van der Waals surface area contributed by atoms with E-state index in [0.717, 1.165) is 16.4 Å². The molecular formula is C14H18ClN3. The van der Waals surface area contributed by atoms with Gasteiger partial charge in [0.2, 0.25) is 0 Å². The van der Waals surface area contributed by atoms with E-state index in [4.69, 9.17) is 17.3 Å². The van der Waals surface area contributed by atoms with Gasteiger partial charge >= 0.3 is 0 Å². The minimum atomic E-state index is 0.281. The highest BCUT2D eigenvalue weighted by atomic mass is 35.5. The van der Waals surface area contributed by atoms with Gasteiger partial charge in [0.05, 0.1) is 17.0 Å². The van der Waals surface area contributed by atoms with E-state index in [-0.39, 0.29) is 5.92 Å². The van der Waals surface area contributed by atoms with Crippen molar-refractivity contribution in [3.05, 3.63) is 47.5 Å². The third-order valence-electron chi connectivity index (χ3n) is 3.22. The van der Waals surface area contributed by atoms with Crippen LogP contribution in [0.5, 0.6) is 0 Å². The molecule has 1 atom stereocenters. The summed E-state index contributed by atoms with van der Waals surface area (Å²) >= 11 is 6.24. The first-order chi connectivity index (χ1) is 8.65. The van der Waals surface area contributed by atoms with Gasteiger partial charge < -0.3 is 10.3 Å². The molecule has 4 heteroatoms. The summed E-state index contributed by atoms with van der Waals surface area (Å²) in [6, 6.07) is 7.76. The molecule has 1 unspecified atom stereocenters. The molecule has 1 aromatic heterocycles. The number of nitrogens with zero attached hydrogens (tertiary/aromatic N) is 2. The number of nitrogens with two attached hydrogens (primary N) is 1. The Morgan fingerprint density at radius 3 is 2.67 bits per heavy atom. The maximum absolute atomic E-state index is 6.24. The van der Waals surface area contributed by atoms with Crippen LogP contribution in [-0.2, 0) is 0 Å². The summed E-state index contributed by atoms with van der Waals surface area (Å²) in [5, 5.41) is 0.719. The maximum Gasteiger partial charge on any atom is 0.0994 e. The molecular weight excluding hydrogens is 246 g/mol. The monoisotopic (exact) mass is 263 g/mol. The van der Waals surface area contributed by atoms with Gasteiger partial charge in [-0.15, -0.1) is 0 Å². The molecule has 0 aliphatic heterocycles. The molecule has 0 radical (unpaired) electrons. The van der Waals surface area contributed by atoms with Gasteiger partial charge in [-0.05, 0) is 18.1 Å². The highest BCUT2D eigenvalue weighted by Crippen LogP contribution is 2.28. The van der Waals surface area contributed by atoms with Crippen LogP contribution in [0.3, 0.4) is 0 Å². The van der Waals surface area contributed by atoms with Crippen molar-refractivity contribution in [2.45, 2.75) is 19.8 Å². The van der Waals surface area contributed by atoms with Crippen LogP contribution in [0.2, 0.25) is 5.02 Å². The lowest BCUT2D eigenvalue weighted by Gasteiger charge is -2.21. The number of rotatable bonds is 4. The fourth-order valence-electron chi connectivity index (χ4n) is 2.16. The number of imidazole rings is 1. The average molecular weight is 264 g/mol. The van der Waals surface area contributed by atoms with Crippen molar-refractivity contribution in [1.29, 1.82) is 0 Å². The largest absolute Gasteiger partial charge is 0.330 e. The molecule has 0 saturated carbocycles. The van der Waals surface area contributed by atoms with E-state index in [1.54, 1.807) is 6.33 Å². The van der Waals surface area contributed by atoms with Crippen LogP contribution < -0.4 is 5.73 Å². The fourth-order valence-corrected chi connectivity index (χ4v) is 2.39. The molecule has 0 spiro atoms. The third-order valence-corrected chi connectivity index (χ3v) is 3.54. The number of aromatic nitrogens is 2. The quantitative estimate of drug-likeness (QED) is 0.920. The zero-order valence-electron chi connectivity index (χ0n) is 10.7. The number of halogens is 1. The second kappa shape index (κ2) is 5.55. The first kappa shape index (κ1) is 13.1. The Hall–Kier alpha value is -1.32. The molecule has 0 aliphatic rings. The van der Waals surface area contributed by atoms with Gasteiger partial charge in [0.15, 0.2) is 0 Å². The summed E-state index contributed by atoms with van der Waals surface area (Å²) in [7, 11) is 0. The molecule has 1 aromatic carbocycles. The van der Waals surface area contributed by atoms with Gasteiger partial charge in [-0.2, -0.15) is 0 Å². The Morgan fingerprint density at radius 2 is 2.06 bits per heavy atom. The van der Waals surface area contributed by atoms with Crippen molar-refractivity contribution in [3.63, 3.8) is 0 Å². The molecule has 0 fully saturated rings. The van der Waals surface area contributed by atoms with Crippen LogP contribution in [-0.4, -0.2) is 16.1 Å². The normalized spacial score (nSPS) is 12.9. The molecule has 0 saturated heterocycles. The van der Waals surface area contributed by atoms with Crippen LogP contribution >= 0.6 is 11.6 Å². The lowest BCUT2D eigenvalue weighted by molar-refractivity contribution is 0.490. The Labute approximate surface area is 113 Å². The zero-order chi connectivity index (χ0) is 13.1. The number of hydrogen-bond acceptors (Lipinski definition) is 2. The van der Waals surface area contributed by atoms with Gasteiger partial charge in [0.1, 0.15) is 0 Å². The first-order valence-electron chi connectivity index (χ1n) is 6.12. The van der Waals surface area contributed by atoms with Crippen LogP contribution in [0, 0.1) is 5.92 Å². The molecule has 3 nitrogen and oxygen atoms in total. The maximum atomic E-state index is 6.24. The third kappa shape index (κ3) is 2.42. The van der Waals surface area contributed by atoms with E-state index < -0.39 is 0 Å². The second-order valence-electron chi connectivity index (χ2n) is 4.73. The Kier molecular flexibility index (Phi) is 4.04. The Balaban J connectivity index is 2.48. The summed E-state index contributed by atoms with van der Waals surface area (Å²) in [4.78, 5) is 4.24. The van der Waals surface area contributed by atoms with Gasteiger partial charge in [-0.3, -0.25) is 0 Å². The van der Waals surface area contributed by atoms with Crippen molar-refractivity contribution >= 4 is 11.6 Å². The van der Waals surface area contributed by atoms with E-state index >= 15 is 0 Å². The Morgan fingerprint density at radius 1 is 1.33 bits per heavy atom. The molecule has 2 N–H and O–H groups in total.